The lowest BCUT2D eigenvalue weighted by Gasteiger charge is -2.22. The minimum atomic E-state index is -4.88. The number of aliphatic hydroxyl groups is 1. The van der Waals surface area contributed by atoms with E-state index in [4.69, 9.17) is 4.74 Å². The van der Waals surface area contributed by atoms with Crippen molar-refractivity contribution in [1.82, 2.24) is 0 Å². The second-order valence-corrected chi connectivity index (χ2v) is 4.24. The molecule has 1 aromatic carbocycles. The normalized spacial score (nSPS) is 22.8. The molecule has 20 heavy (non-hydrogen) atoms. The van der Waals surface area contributed by atoms with Gasteiger partial charge in [-0.05, 0) is 23.8 Å². The fraction of sp³-hybridized carbons (Fsp3) is 0.308. The van der Waals surface area contributed by atoms with E-state index in [1.165, 1.54) is 13.2 Å². The van der Waals surface area contributed by atoms with Gasteiger partial charge in [0.05, 0.1) is 19.2 Å². The number of oxime groups is 1. The monoisotopic (exact) mass is 287 g/mol. The van der Waals surface area contributed by atoms with Crippen LogP contribution in [0.15, 0.2) is 35.5 Å². The van der Waals surface area contributed by atoms with Gasteiger partial charge in [-0.25, -0.2) is 0 Å². The average Bonchev–Trinajstić information content (AvgIpc) is 2.80. The van der Waals surface area contributed by atoms with Crippen LogP contribution in [0, 0.1) is 0 Å². The minimum absolute atomic E-state index is 0.0145. The minimum Gasteiger partial charge on any atom is -0.497 e. The first-order chi connectivity index (χ1) is 9.34. The molecule has 1 heterocycles. The van der Waals surface area contributed by atoms with Crippen LogP contribution in [0.3, 0.4) is 0 Å². The molecule has 1 aromatic rings. The summed E-state index contributed by atoms with van der Waals surface area (Å²) < 4.78 is 42.4. The SMILES string of the molecule is COc1ccc(C=CC2=NOC(O)(C(F)(F)F)C2)cc1. The maximum absolute atomic E-state index is 12.5. The fourth-order valence-electron chi connectivity index (χ4n) is 1.59. The molecule has 1 N–H and O–H groups in total. The lowest BCUT2D eigenvalue weighted by molar-refractivity contribution is -0.355. The van der Waals surface area contributed by atoms with Crippen molar-refractivity contribution in [1.29, 1.82) is 0 Å². The first kappa shape index (κ1) is 14.4. The largest absolute Gasteiger partial charge is 0.497 e. The van der Waals surface area contributed by atoms with Crippen LogP contribution in [-0.2, 0) is 4.84 Å². The third-order valence-electron chi connectivity index (χ3n) is 2.76. The molecule has 0 aromatic heterocycles. The van der Waals surface area contributed by atoms with Crippen molar-refractivity contribution in [3.8, 4) is 5.75 Å². The van der Waals surface area contributed by atoms with E-state index in [1.807, 2.05) is 0 Å². The molecule has 0 spiro atoms. The standard InChI is InChI=1S/C13H12F3NO3/c1-19-11-6-3-9(4-7-11)2-5-10-8-12(18,20-17-10)13(14,15)16/h2-7,18H,8H2,1H3. The predicted molar refractivity (Wildman–Crippen MR) is 66.2 cm³/mol. The van der Waals surface area contributed by atoms with E-state index >= 15 is 0 Å². The molecule has 0 saturated carbocycles. The van der Waals surface area contributed by atoms with Crippen LogP contribution < -0.4 is 4.74 Å². The van der Waals surface area contributed by atoms with Gasteiger partial charge in [-0.15, -0.1) is 0 Å². The number of hydrogen-bond donors (Lipinski definition) is 1. The Morgan fingerprint density at radius 3 is 2.45 bits per heavy atom. The summed E-state index contributed by atoms with van der Waals surface area (Å²) in [6.45, 7) is 0. The topological polar surface area (TPSA) is 51.0 Å². The molecule has 7 heteroatoms. The zero-order valence-corrected chi connectivity index (χ0v) is 10.5. The van der Waals surface area contributed by atoms with Crippen LogP contribution in [0.2, 0.25) is 0 Å². The molecular formula is C13H12F3NO3. The van der Waals surface area contributed by atoms with Crippen molar-refractivity contribution in [2.24, 2.45) is 5.16 Å². The van der Waals surface area contributed by atoms with Gasteiger partial charge < -0.3 is 14.7 Å². The van der Waals surface area contributed by atoms with Gasteiger partial charge in [-0.2, -0.15) is 13.2 Å². The zero-order chi connectivity index (χ0) is 14.8. The molecule has 0 amide bonds. The smallest absolute Gasteiger partial charge is 0.458 e. The van der Waals surface area contributed by atoms with Gasteiger partial charge in [0.2, 0.25) is 0 Å². The van der Waals surface area contributed by atoms with Crippen LogP contribution in [-0.4, -0.2) is 29.9 Å². The molecular weight excluding hydrogens is 275 g/mol. The molecule has 0 saturated heterocycles. The summed E-state index contributed by atoms with van der Waals surface area (Å²) in [5.74, 6) is -2.55. The molecule has 0 fully saturated rings. The van der Waals surface area contributed by atoms with Crippen molar-refractivity contribution >= 4 is 11.8 Å². The Kier molecular flexibility index (Phi) is 3.71. The summed E-state index contributed by atoms with van der Waals surface area (Å²) >= 11 is 0. The van der Waals surface area contributed by atoms with Crippen molar-refractivity contribution in [2.75, 3.05) is 7.11 Å². The number of allylic oxidation sites excluding steroid dienone is 1. The number of hydrogen-bond acceptors (Lipinski definition) is 4. The van der Waals surface area contributed by atoms with Crippen molar-refractivity contribution < 1.29 is 27.9 Å². The molecule has 0 aliphatic carbocycles. The van der Waals surface area contributed by atoms with Crippen LogP contribution in [0.4, 0.5) is 13.2 Å². The van der Waals surface area contributed by atoms with E-state index in [0.717, 1.165) is 5.56 Å². The van der Waals surface area contributed by atoms with E-state index in [9.17, 15) is 18.3 Å². The van der Waals surface area contributed by atoms with Gasteiger partial charge in [0.1, 0.15) is 5.75 Å². The summed E-state index contributed by atoms with van der Waals surface area (Å²) in [7, 11) is 1.54. The molecule has 1 unspecified atom stereocenters. The number of rotatable bonds is 3. The third kappa shape index (κ3) is 2.93. The van der Waals surface area contributed by atoms with E-state index in [-0.39, 0.29) is 5.71 Å². The molecule has 2 rings (SSSR count). The Bertz CT molecular complexity index is 537. The molecule has 1 aliphatic rings. The van der Waals surface area contributed by atoms with Gasteiger partial charge in [0.15, 0.2) is 0 Å². The highest BCUT2D eigenvalue weighted by Crippen LogP contribution is 2.38. The van der Waals surface area contributed by atoms with Gasteiger partial charge in [0.25, 0.3) is 0 Å². The van der Waals surface area contributed by atoms with Crippen LogP contribution in [0.1, 0.15) is 12.0 Å². The maximum atomic E-state index is 12.5. The van der Waals surface area contributed by atoms with Gasteiger partial charge >= 0.3 is 12.0 Å². The Balaban J connectivity index is 2.03. The number of ether oxygens (including phenoxy) is 1. The average molecular weight is 287 g/mol. The third-order valence-corrected chi connectivity index (χ3v) is 2.76. The Morgan fingerprint density at radius 1 is 1.30 bits per heavy atom. The quantitative estimate of drug-likeness (QED) is 0.930. The molecule has 0 bridgehead atoms. The van der Waals surface area contributed by atoms with E-state index in [1.54, 1.807) is 30.3 Å². The summed E-state index contributed by atoms with van der Waals surface area (Å²) in [5, 5.41) is 12.5. The zero-order valence-electron chi connectivity index (χ0n) is 10.5. The summed E-state index contributed by atoms with van der Waals surface area (Å²) in [5.41, 5.74) is 0.775. The summed E-state index contributed by atoms with van der Waals surface area (Å²) in [6.07, 6.45) is -2.68. The van der Waals surface area contributed by atoms with Crippen molar-refractivity contribution in [2.45, 2.75) is 18.4 Å². The highest BCUT2D eigenvalue weighted by atomic mass is 19.4. The Labute approximate surface area is 113 Å². The molecule has 0 radical (unpaired) electrons. The first-order valence-corrected chi connectivity index (χ1v) is 5.70. The highest BCUT2D eigenvalue weighted by molar-refractivity contribution is 5.99. The second-order valence-electron chi connectivity index (χ2n) is 4.24. The number of alkyl halides is 3. The van der Waals surface area contributed by atoms with Crippen LogP contribution >= 0.6 is 0 Å². The molecule has 1 atom stereocenters. The second kappa shape index (κ2) is 5.16. The molecule has 4 nitrogen and oxygen atoms in total. The molecule has 108 valence electrons. The lowest BCUT2D eigenvalue weighted by Crippen LogP contribution is -2.45. The van der Waals surface area contributed by atoms with Crippen LogP contribution in [0.5, 0.6) is 5.75 Å². The maximum Gasteiger partial charge on any atom is 0.458 e. The van der Waals surface area contributed by atoms with Gasteiger partial charge in [-0.3, -0.25) is 0 Å². The number of methoxy groups -OCH3 is 1. The Morgan fingerprint density at radius 2 is 1.95 bits per heavy atom. The highest BCUT2D eigenvalue weighted by Gasteiger charge is 2.60. The number of nitrogens with zero attached hydrogens (tertiary/aromatic N) is 1. The Hall–Kier alpha value is -2.02. The van der Waals surface area contributed by atoms with Gasteiger partial charge in [-0.1, -0.05) is 23.4 Å². The predicted octanol–water partition coefficient (Wildman–Crippen LogP) is 2.74. The number of halogens is 3. The summed E-state index contributed by atoms with van der Waals surface area (Å²) in [6, 6.07) is 6.92. The van der Waals surface area contributed by atoms with Crippen LogP contribution in [0.25, 0.3) is 6.08 Å². The molecule has 1 aliphatic heterocycles. The van der Waals surface area contributed by atoms with E-state index in [2.05, 4.69) is 9.99 Å². The number of benzene rings is 1. The van der Waals surface area contributed by atoms with Crippen molar-refractivity contribution in [3.63, 3.8) is 0 Å². The van der Waals surface area contributed by atoms with E-state index < -0.39 is 18.4 Å². The lowest BCUT2D eigenvalue weighted by atomic mass is 10.1. The first-order valence-electron chi connectivity index (χ1n) is 5.70. The van der Waals surface area contributed by atoms with E-state index in [0.29, 0.717) is 5.75 Å². The van der Waals surface area contributed by atoms with Crippen molar-refractivity contribution in [3.05, 3.63) is 35.9 Å². The fourth-order valence-corrected chi connectivity index (χ4v) is 1.59. The summed E-state index contributed by atoms with van der Waals surface area (Å²) in [4.78, 5) is 4.09. The van der Waals surface area contributed by atoms with Gasteiger partial charge in [0, 0.05) is 0 Å².